The number of benzene rings is 1. The molecule has 1 aliphatic heterocycles. The van der Waals surface area contributed by atoms with Crippen LogP contribution in [0.5, 0.6) is 0 Å². The zero-order chi connectivity index (χ0) is 18.6. The molecule has 140 valence electrons. The van der Waals surface area contributed by atoms with Gasteiger partial charge in [0.2, 0.25) is 5.76 Å². The van der Waals surface area contributed by atoms with E-state index >= 15 is 0 Å². The predicted octanol–water partition coefficient (Wildman–Crippen LogP) is 1.77. The third kappa shape index (κ3) is 3.98. The summed E-state index contributed by atoms with van der Waals surface area (Å²) in [7, 11) is 0. The van der Waals surface area contributed by atoms with Gasteiger partial charge in [0.1, 0.15) is 5.82 Å². The van der Waals surface area contributed by atoms with Gasteiger partial charge in [0.25, 0.3) is 5.91 Å². The van der Waals surface area contributed by atoms with Gasteiger partial charge in [0.05, 0.1) is 25.1 Å². The third-order valence-electron chi connectivity index (χ3n) is 4.22. The summed E-state index contributed by atoms with van der Waals surface area (Å²) in [4.78, 5) is 14.3. The van der Waals surface area contributed by atoms with E-state index in [1.54, 1.807) is 35.3 Å². The Morgan fingerprint density at radius 3 is 2.93 bits per heavy atom. The van der Waals surface area contributed by atoms with E-state index in [0.29, 0.717) is 37.8 Å². The summed E-state index contributed by atoms with van der Waals surface area (Å²) in [6.07, 6.45) is 3.35. The van der Waals surface area contributed by atoms with Crippen molar-refractivity contribution in [3.8, 4) is 5.69 Å². The average molecular weight is 371 g/mol. The SMILES string of the molecule is O=C(NCc1cnn(-c2cccc(F)c2)c1)c1cc(N2CCOCC2)no1. The number of carbonyl (C=O) groups is 1. The van der Waals surface area contributed by atoms with Crippen molar-refractivity contribution in [3.05, 3.63) is 59.9 Å². The highest BCUT2D eigenvalue weighted by molar-refractivity contribution is 5.92. The van der Waals surface area contributed by atoms with Crippen LogP contribution in [-0.2, 0) is 11.3 Å². The molecule has 4 rings (SSSR count). The van der Waals surface area contributed by atoms with Gasteiger partial charge in [-0.25, -0.2) is 9.07 Å². The molecule has 1 amide bonds. The molecule has 9 heteroatoms. The molecule has 8 nitrogen and oxygen atoms in total. The molecule has 0 radical (unpaired) electrons. The number of nitrogens with one attached hydrogen (secondary N) is 1. The molecule has 2 aromatic heterocycles. The highest BCUT2D eigenvalue weighted by Gasteiger charge is 2.19. The summed E-state index contributed by atoms with van der Waals surface area (Å²) in [5.74, 6) is 0.0798. The molecule has 1 fully saturated rings. The Morgan fingerprint density at radius 1 is 1.26 bits per heavy atom. The first-order valence-corrected chi connectivity index (χ1v) is 8.56. The van der Waals surface area contributed by atoms with Gasteiger partial charge >= 0.3 is 0 Å². The van der Waals surface area contributed by atoms with Crippen LogP contribution in [0.15, 0.2) is 47.2 Å². The Kier molecular flexibility index (Phi) is 4.84. The minimum absolute atomic E-state index is 0.147. The van der Waals surface area contributed by atoms with E-state index in [1.807, 2.05) is 4.90 Å². The lowest BCUT2D eigenvalue weighted by molar-refractivity contribution is 0.0913. The number of rotatable bonds is 5. The standard InChI is InChI=1S/C18H18FN5O3/c19-14-2-1-3-15(8-14)24-12-13(11-21-24)10-20-18(25)16-9-17(22-27-16)23-4-6-26-7-5-23/h1-3,8-9,11-12H,4-7,10H2,(H,20,25). The molecule has 3 aromatic rings. The summed E-state index contributed by atoms with van der Waals surface area (Å²) in [5, 5.41) is 10.9. The number of carbonyl (C=O) groups excluding carboxylic acids is 1. The Hall–Kier alpha value is -3.20. The number of hydrogen-bond acceptors (Lipinski definition) is 6. The van der Waals surface area contributed by atoms with E-state index in [2.05, 4.69) is 15.6 Å². The summed E-state index contributed by atoms with van der Waals surface area (Å²) >= 11 is 0. The van der Waals surface area contributed by atoms with Crippen molar-refractivity contribution in [2.75, 3.05) is 31.2 Å². The van der Waals surface area contributed by atoms with Crippen molar-refractivity contribution in [2.24, 2.45) is 0 Å². The van der Waals surface area contributed by atoms with E-state index in [-0.39, 0.29) is 24.0 Å². The van der Waals surface area contributed by atoms with Crippen molar-refractivity contribution >= 4 is 11.7 Å². The molecule has 3 heterocycles. The summed E-state index contributed by atoms with van der Waals surface area (Å²) in [6, 6.07) is 7.74. The van der Waals surface area contributed by atoms with Gasteiger partial charge < -0.3 is 19.5 Å². The summed E-state index contributed by atoms with van der Waals surface area (Å²) < 4.78 is 25.3. The van der Waals surface area contributed by atoms with E-state index in [0.717, 1.165) is 5.56 Å². The normalized spacial score (nSPS) is 14.3. The second-order valence-corrected chi connectivity index (χ2v) is 6.10. The molecular formula is C18H18FN5O3. The Balaban J connectivity index is 1.36. The molecule has 0 bridgehead atoms. The Labute approximate surface area is 154 Å². The zero-order valence-electron chi connectivity index (χ0n) is 14.5. The highest BCUT2D eigenvalue weighted by Crippen LogP contribution is 2.16. The number of amides is 1. The van der Waals surface area contributed by atoms with Crippen molar-refractivity contribution in [1.29, 1.82) is 0 Å². The summed E-state index contributed by atoms with van der Waals surface area (Å²) in [6.45, 7) is 2.95. The van der Waals surface area contributed by atoms with Gasteiger partial charge in [0.15, 0.2) is 5.82 Å². The molecule has 27 heavy (non-hydrogen) atoms. The zero-order valence-corrected chi connectivity index (χ0v) is 14.5. The van der Waals surface area contributed by atoms with E-state index in [4.69, 9.17) is 9.26 Å². The minimum atomic E-state index is -0.361. The fraction of sp³-hybridized carbons (Fsp3) is 0.278. The number of ether oxygens (including phenoxy) is 1. The maximum Gasteiger partial charge on any atom is 0.290 e. The lowest BCUT2D eigenvalue weighted by Crippen LogP contribution is -2.36. The quantitative estimate of drug-likeness (QED) is 0.736. The van der Waals surface area contributed by atoms with Crippen LogP contribution >= 0.6 is 0 Å². The van der Waals surface area contributed by atoms with E-state index in [9.17, 15) is 9.18 Å². The number of halogens is 1. The van der Waals surface area contributed by atoms with Crippen LogP contribution < -0.4 is 10.2 Å². The fourth-order valence-corrected chi connectivity index (χ4v) is 2.80. The van der Waals surface area contributed by atoms with E-state index in [1.165, 1.54) is 12.1 Å². The second-order valence-electron chi connectivity index (χ2n) is 6.10. The highest BCUT2D eigenvalue weighted by atomic mass is 19.1. The number of nitrogens with zero attached hydrogens (tertiary/aromatic N) is 4. The topological polar surface area (TPSA) is 85.4 Å². The third-order valence-corrected chi connectivity index (χ3v) is 4.22. The van der Waals surface area contributed by atoms with Gasteiger partial charge in [-0.15, -0.1) is 0 Å². The second kappa shape index (κ2) is 7.58. The number of anilines is 1. The molecule has 1 aliphatic rings. The van der Waals surface area contributed by atoms with E-state index < -0.39 is 0 Å². The number of hydrogen-bond donors (Lipinski definition) is 1. The van der Waals surface area contributed by atoms with Crippen molar-refractivity contribution in [1.82, 2.24) is 20.3 Å². The Morgan fingerprint density at radius 2 is 2.11 bits per heavy atom. The lowest BCUT2D eigenvalue weighted by Gasteiger charge is -2.25. The van der Waals surface area contributed by atoms with Gasteiger partial charge in [-0.2, -0.15) is 5.10 Å². The molecule has 0 aliphatic carbocycles. The van der Waals surface area contributed by atoms with Crippen molar-refractivity contribution < 1.29 is 18.4 Å². The first-order chi connectivity index (χ1) is 13.2. The molecule has 0 unspecified atom stereocenters. The van der Waals surface area contributed by atoms with Crippen LogP contribution in [0, 0.1) is 5.82 Å². The average Bonchev–Trinajstić information content (AvgIpc) is 3.37. The number of aromatic nitrogens is 3. The van der Waals surface area contributed by atoms with Crippen LogP contribution in [0.3, 0.4) is 0 Å². The largest absolute Gasteiger partial charge is 0.378 e. The van der Waals surface area contributed by atoms with Crippen molar-refractivity contribution in [3.63, 3.8) is 0 Å². The molecule has 0 atom stereocenters. The maximum absolute atomic E-state index is 13.3. The molecular weight excluding hydrogens is 353 g/mol. The predicted molar refractivity (Wildman–Crippen MR) is 94.2 cm³/mol. The first kappa shape index (κ1) is 17.2. The smallest absolute Gasteiger partial charge is 0.290 e. The van der Waals surface area contributed by atoms with Gasteiger partial charge in [0, 0.05) is 37.5 Å². The number of morpholine rings is 1. The van der Waals surface area contributed by atoms with Crippen LogP contribution in [0.2, 0.25) is 0 Å². The molecule has 0 spiro atoms. The minimum Gasteiger partial charge on any atom is -0.378 e. The van der Waals surface area contributed by atoms with Gasteiger partial charge in [-0.05, 0) is 18.2 Å². The maximum atomic E-state index is 13.3. The monoisotopic (exact) mass is 371 g/mol. The van der Waals surface area contributed by atoms with Crippen LogP contribution in [0.1, 0.15) is 16.1 Å². The van der Waals surface area contributed by atoms with Crippen molar-refractivity contribution in [2.45, 2.75) is 6.54 Å². The molecule has 1 aromatic carbocycles. The first-order valence-electron chi connectivity index (χ1n) is 8.56. The molecule has 1 saturated heterocycles. The van der Waals surface area contributed by atoms with Gasteiger partial charge in [-0.3, -0.25) is 4.79 Å². The fourth-order valence-electron chi connectivity index (χ4n) is 2.80. The van der Waals surface area contributed by atoms with Gasteiger partial charge in [-0.1, -0.05) is 11.2 Å². The lowest BCUT2D eigenvalue weighted by atomic mass is 10.3. The summed E-state index contributed by atoms with van der Waals surface area (Å²) in [5.41, 5.74) is 1.39. The molecule has 1 N–H and O–H groups in total. The van der Waals surface area contributed by atoms with Crippen LogP contribution in [-0.4, -0.2) is 47.1 Å². The van der Waals surface area contributed by atoms with Crippen LogP contribution in [0.4, 0.5) is 10.2 Å². The Bertz CT molecular complexity index is 932. The molecule has 0 saturated carbocycles. The van der Waals surface area contributed by atoms with Crippen LogP contribution in [0.25, 0.3) is 5.69 Å².